The average Bonchev–Trinajstić information content (AvgIpc) is 2.60. The van der Waals surface area contributed by atoms with Crippen molar-refractivity contribution in [2.75, 3.05) is 20.3 Å². The van der Waals surface area contributed by atoms with Gasteiger partial charge in [-0.15, -0.1) is 0 Å². The topological polar surface area (TPSA) is 93.6 Å². The molecule has 1 N–H and O–H groups in total. The Labute approximate surface area is 150 Å². The largest absolute Gasteiger partial charge is 0.493 e. The van der Waals surface area contributed by atoms with E-state index < -0.39 is 11.2 Å². The molecule has 0 saturated heterocycles. The van der Waals surface area contributed by atoms with Gasteiger partial charge in [-0.2, -0.15) is 0 Å². The lowest BCUT2D eigenvalue weighted by Gasteiger charge is -2.27. The summed E-state index contributed by atoms with van der Waals surface area (Å²) in [7, 11) is 1.59. The summed E-state index contributed by atoms with van der Waals surface area (Å²) in [4.78, 5) is 39.4. The van der Waals surface area contributed by atoms with Gasteiger partial charge in [0.25, 0.3) is 5.56 Å². The zero-order valence-corrected chi connectivity index (χ0v) is 14.6. The minimum atomic E-state index is -0.513. The van der Waals surface area contributed by atoms with Crippen molar-refractivity contribution >= 4 is 5.91 Å². The predicted molar refractivity (Wildman–Crippen MR) is 94.5 cm³/mol. The number of H-pyrrole nitrogens is 1. The molecule has 1 aromatic carbocycles. The number of carbonyl (C=O) groups is 1. The van der Waals surface area contributed by atoms with Crippen LogP contribution in [0.4, 0.5) is 0 Å². The number of aromatic amines is 1. The molecule has 1 aromatic heterocycles. The molecule has 138 valence electrons. The van der Waals surface area contributed by atoms with Crippen LogP contribution in [0.1, 0.15) is 18.4 Å². The normalized spacial score (nSPS) is 14.0. The predicted octanol–water partition coefficient (Wildman–Crippen LogP) is 0.747. The van der Waals surface area contributed by atoms with E-state index in [-0.39, 0.29) is 18.9 Å². The fourth-order valence-corrected chi connectivity index (χ4v) is 2.93. The van der Waals surface area contributed by atoms with Crippen molar-refractivity contribution in [1.82, 2.24) is 14.5 Å². The standard InChI is InChI=1S/C18H21N3O5/c1-25-14-5-2-4-13-12-21(8-3-11-26-17(13)14)16(23)7-10-20-9-6-15(22)19-18(20)24/h2,4-6,9H,3,7-8,10-12H2,1H3,(H,19,22,24). The summed E-state index contributed by atoms with van der Waals surface area (Å²) >= 11 is 0. The van der Waals surface area contributed by atoms with Gasteiger partial charge in [-0.25, -0.2) is 4.79 Å². The monoisotopic (exact) mass is 359 g/mol. The van der Waals surface area contributed by atoms with Crippen LogP contribution in [0.3, 0.4) is 0 Å². The van der Waals surface area contributed by atoms with Crippen molar-refractivity contribution in [3.8, 4) is 11.5 Å². The molecule has 1 amide bonds. The van der Waals surface area contributed by atoms with Crippen LogP contribution < -0.4 is 20.7 Å². The number of rotatable bonds is 4. The Bertz CT molecular complexity index is 902. The van der Waals surface area contributed by atoms with Gasteiger partial charge in [0.1, 0.15) is 0 Å². The third-order valence-corrected chi connectivity index (χ3v) is 4.28. The zero-order chi connectivity index (χ0) is 18.5. The van der Waals surface area contributed by atoms with E-state index in [4.69, 9.17) is 9.47 Å². The highest BCUT2D eigenvalue weighted by Gasteiger charge is 2.20. The van der Waals surface area contributed by atoms with Crippen LogP contribution in [0, 0.1) is 0 Å². The Balaban J connectivity index is 1.72. The second kappa shape index (κ2) is 7.90. The first-order chi connectivity index (χ1) is 12.6. The quantitative estimate of drug-likeness (QED) is 0.869. The van der Waals surface area contributed by atoms with Crippen LogP contribution in [0.5, 0.6) is 11.5 Å². The molecule has 26 heavy (non-hydrogen) atoms. The fourth-order valence-electron chi connectivity index (χ4n) is 2.93. The highest BCUT2D eigenvalue weighted by Crippen LogP contribution is 2.33. The van der Waals surface area contributed by atoms with Crippen LogP contribution in [-0.2, 0) is 17.9 Å². The molecule has 0 spiro atoms. The molecule has 1 aliphatic rings. The van der Waals surface area contributed by atoms with Crippen molar-refractivity contribution < 1.29 is 14.3 Å². The van der Waals surface area contributed by atoms with E-state index in [0.717, 1.165) is 5.56 Å². The zero-order valence-electron chi connectivity index (χ0n) is 14.6. The maximum Gasteiger partial charge on any atom is 0.328 e. The molecule has 2 heterocycles. The summed E-state index contributed by atoms with van der Waals surface area (Å²) in [5.74, 6) is 1.26. The van der Waals surface area contributed by atoms with E-state index >= 15 is 0 Å². The first kappa shape index (κ1) is 17.8. The molecule has 8 heteroatoms. The number of fused-ring (bicyclic) bond motifs is 1. The molecule has 0 fully saturated rings. The molecule has 0 bridgehead atoms. The number of nitrogens with zero attached hydrogens (tertiary/aromatic N) is 2. The van der Waals surface area contributed by atoms with E-state index in [0.29, 0.717) is 37.6 Å². The number of carbonyl (C=O) groups excluding carboxylic acids is 1. The molecule has 3 rings (SSSR count). The van der Waals surface area contributed by atoms with Gasteiger partial charge in [0.2, 0.25) is 5.91 Å². The lowest BCUT2D eigenvalue weighted by atomic mass is 10.1. The number of benzene rings is 1. The lowest BCUT2D eigenvalue weighted by Crippen LogP contribution is -2.35. The van der Waals surface area contributed by atoms with Crippen molar-refractivity contribution in [2.45, 2.75) is 25.9 Å². The number of hydrogen-bond acceptors (Lipinski definition) is 5. The molecular formula is C18H21N3O5. The molecule has 0 aliphatic carbocycles. The number of para-hydroxylation sites is 1. The second-order valence-electron chi connectivity index (χ2n) is 6.02. The third-order valence-electron chi connectivity index (χ3n) is 4.28. The van der Waals surface area contributed by atoms with Crippen molar-refractivity contribution in [2.24, 2.45) is 0 Å². The van der Waals surface area contributed by atoms with Gasteiger partial charge in [-0.3, -0.25) is 14.6 Å². The number of methoxy groups -OCH3 is 1. The minimum Gasteiger partial charge on any atom is -0.493 e. The Morgan fingerprint density at radius 3 is 2.92 bits per heavy atom. The molecule has 1 aliphatic heterocycles. The van der Waals surface area contributed by atoms with Gasteiger partial charge in [0, 0.05) is 43.9 Å². The van der Waals surface area contributed by atoms with E-state index in [1.54, 1.807) is 12.0 Å². The first-order valence-corrected chi connectivity index (χ1v) is 8.44. The van der Waals surface area contributed by atoms with Crippen molar-refractivity contribution in [3.05, 3.63) is 56.9 Å². The summed E-state index contributed by atoms with van der Waals surface area (Å²) in [5.41, 5.74) is -0.0769. The Hall–Kier alpha value is -3.03. The Morgan fingerprint density at radius 2 is 2.15 bits per heavy atom. The smallest absolute Gasteiger partial charge is 0.328 e. The molecule has 8 nitrogen and oxygen atoms in total. The SMILES string of the molecule is COc1cccc2c1OCCCN(C(=O)CCn1ccc(=O)[nH]c1=O)C2. The number of ether oxygens (including phenoxy) is 2. The van der Waals surface area contributed by atoms with Crippen LogP contribution in [-0.4, -0.2) is 40.6 Å². The molecule has 2 aromatic rings. The van der Waals surface area contributed by atoms with Gasteiger partial charge < -0.3 is 18.9 Å². The highest BCUT2D eigenvalue weighted by molar-refractivity contribution is 5.76. The summed E-state index contributed by atoms with van der Waals surface area (Å²) < 4.78 is 12.5. The van der Waals surface area contributed by atoms with Crippen molar-refractivity contribution in [3.63, 3.8) is 0 Å². The van der Waals surface area contributed by atoms with Gasteiger partial charge >= 0.3 is 5.69 Å². The Kier molecular flexibility index (Phi) is 5.40. The molecule has 0 unspecified atom stereocenters. The maximum atomic E-state index is 12.6. The molecule has 0 saturated carbocycles. The lowest BCUT2D eigenvalue weighted by molar-refractivity contribution is -0.132. The van der Waals surface area contributed by atoms with E-state index in [1.165, 1.54) is 16.8 Å². The first-order valence-electron chi connectivity index (χ1n) is 8.44. The van der Waals surface area contributed by atoms with Gasteiger partial charge in [-0.05, 0) is 12.5 Å². The summed E-state index contributed by atoms with van der Waals surface area (Å²) in [5, 5.41) is 0. The maximum absolute atomic E-state index is 12.6. The number of aromatic nitrogens is 2. The number of amides is 1. The van der Waals surface area contributed by atoms with E-state index in [9.17, 15) is 14.4 Å². The summed E-state index contributed by atoms with van der Waals surface area (Å²) in [6.45, 7) is 1.71. The van der Waals surface area contributed by atoms with Crippen LogP contribution >= 0.6 is 0 Å². The van der Waals surface area contributed by atoms with Gasteiger partial charge in [0.15, 0.2) is 11.5 Å². The van der Waals surface area contributed by atoms with E-state index in [2.05, 4.69) is 4.98 Å². The fraction of sp³-hybridized carbons (Fsp3) is 0.389. The average molecular weight is 359 g/mol. The third kappa shape index (κ3) is 3.96. The summed E-state index contributed by atoms with van der Waals surface area (Å²) in [6.07, 6.45) is 2.28. The molecule has 0 radical (unpaired) electrons. The van der Waals surface area contributed by atoms with Crippen LogP contribution in [0.15, 0.2) is 40.1 Å². The minimum absolute atomic E-state index is 0.0567. The number of hydrogen-bond donors (Lipinski definition) is 1. The number of nitrogens with one attached hydrogen (secondary N) is 1. The summed E-state index contributed by atoms with van der Waals surface area (Å²) in [6, 6.07) is 6.87. The van der Waals surface area contributed by atoms with Gasteiger partial charge in [-0.1, -0.05) is 12.1 Å². The van der Waals surface area contributed by atoms with Gasteiger partial charge in [0.05, 0.1) is 13.7 Å². The number of aryl methyl sites for hydroxylation is 1. The van der Waals surface area contributed by atoms with Crippen LogP contribution in [0.2, 0.25) is 0 Å². The second-order valence-corrected chi connectivity index (χ2v) is 6.02. The molecule has 0 atom stereocenters. The Morgan fingerprint density at radius 1 is 1.31 bits per heavy atom. The molecular weight excluding hydrogens is 338 g/mol. The van der Waals surface area contributed by atoms with Crippen LogP contribution in [0.25, 0.3) is 0 Å². The van der Waals surface area contributed by atoms with E-state index in [1.807, 2.05) is 18.2 Å². The van der Waals surface area contributed by atoms with Crippen molar-refractivity contribution in [1.29, 1.82) is 0 Å². The highest BCUT2D eigenvalue weighted by atomic mass is 16.5.